The van der Waals surface area contributed by atoms with E-state index in [0.717, 1.165) is 0 Å². The van der Waals surface area contributed by atoms with Gasteiger partial charge >= 0.3 is 0 Å². The van der Waals surface area contributed by atoms with E-state index in [2.05, 4.69) is 4.40 Å². The van der Waals surface area contributed by atoms with Gasteiger partial charge in [-0.25, -0.2) is 0 Å². The van der Waals surface area contributed by atoms with Gasteiger partial charge in [-0.2, -0.15) is 12.8 Å². The molecule has 0 atom stereocenters. The third-order valence-corrected chi connectivity index (χ3v) is 7.49. The second kappa shape index (κ2) is 6.66. The minimum atomic E-state index is -4.23. The Hall–Kier alpha value is -0.820. The van der Waals surface area contributed by atoms with Crippen LogP contribution >= 0.6 is 58.0 Å². The van der Waals surface area contributed by atoms with Crippen LogP contribution in [0.5, 0.6) is 0 Å². The molecule has 0 aromatic heterocycles. The van der Waals surface area contributed by atoms with Crippen molar-refractivity contribution in [2.24, 2.45) is 4.40 Å². The Balaban J connectivity index is 2.28. The Morgan fingerprint density at radius 2 is 1.35 bits per heavy atom. The molecule has 0 saturated carbocycles. The molecule has 1 aliphatic carbocycles. The molecule has 0 fully saturated rings. The van der Waals surface area contributed by atoms with Crippen LogP contribution in [0.2, 0.25) is 5.02 Å². The number of alkyl halides is 4. The van der Waals surface area contributed by atoms with Gasteiger partial charge in [-0.3, -0.25) is 4.79 Å². The number of carbonyl (C=O) groups excluding carboxylic acids is 1. The zero-order valence-electron chi connectivity index (χ0n) is 12.6. The van der Waals surface area contributed by atoms with E-state index in [4.69, 9.17) is 58.0 Å². The topological polar surface area (TPSA) is 63.6 Å². The highest BCUT2D eigenvalue weighted by Crippen LogP contribution is 2.51. The Labute approximate surface area is 174 Å². The van der Waals surface area contributed by atoms with Gasteiger partial charge in [0.25, 0.3) is 10.0 Å². The monoisotopic (exact) mass is 469 g/mol. The van der Waals surface area contributed by atoms with Crippen LogP contribution in [0.1, 0.15) is 15.9 Å². The lowest BCUT2D eigenvalue weighted by molar-refractivity contribution is 0.0969. The van der Waals surface area contributed by atoms with Crippen molar-refractivity contribution in [1.29, 1.82) is 0 Å². The SMILES string of the molecule is O=C1c2ccccc2/C(=N/S(=O)(=O)c2ccc(Cl)cc2)C(Cl)(Cl)C1(Cl)Cl. The first-order valence-electron chi connectivity index (χ1n) is 6.99. The molecule has 2 aromatic carbocycles. The van der Waals surface area contributed by atoms with Crippen LogP contribution in [-0.2, 0) is 10.0 Å². The zero-order valence-corrected chi connectivity index (χ0v) is 17.2. The van der Waals surface area contributed by atoms with Crippen LogP contribution in [0, 0.1) is 0 Å². The Kier molecular flexibility index (Phi) is 5.10. The fourth-order valence-corrected chi connectivity index (χ4v) is 4.53. The molecule has 0 bridgehead atoms. The number of hydrogen-bond donors (Lipinski definition) is 0. The Morgan fingerprint density at radius 1 is 0.808 bits per heavy atom. The lowest BCUT2D eigenvalue weighted by Crippen LogP contribution is -2.53. The van der Waals surface area contributed by atoms with Crippen LogP contribution in [0.4, 0.5) is 0 Å². The van der Waals surface area contributed by atoms with Crippen LogP contribution in [0.15, 0.2) is 57.8 Å². The van der Waals surface area contributed by atoms with Gasteiger partial charge in [0.1, 0.15) is 5.71 Å². The summed E-state index contributed by atoms with van der Waals surface area (Å²) in [4.78, 5) is 12.4. The molecule has 0 heterocycles. The fraction of sp³-hybridized carbons (Fsp3) is 0.125. The van der Waals surface area contributed by atoms with E-state index >= 15 is 0 Å². The van der Waals surface area contributed by atoms with E-state index in [1.165, 1.54) is 36.4 Å². The third-order valence-electron chi connectivity index (χ3n) is 3.73. The van der Waals surface area contributed by atoms with Crippen molar-refractivity contribution in [3.63, 3.8) is 0 Å². The number of hydrogen-bond acceptors (Lipinski definition) is 3. The standard InChI is InChI=1S/C16H8Cl5NO3S/c17-9-5-7-10(8-6-9)26(24,25)22-13-11-3-1-2-4-12(11)14(23)16(20,21)15(13,18)19/h1-8H/b22-13-. The number of benzene rings is 2. The molecular weight excluding hydrogens is 464 g/mol. The molecule has 136 valence electrons. The summed E-state index contributed by atoms with van der Waals surface area (Å²) in [6, 6.07) is 11.4. The first-order valence-corrected chi connectivity index (χ1v) is 10.3. The molecular formula is C16H8Cl5NO3S. The number of ketones is 1. The lowest BCUT2D eigenvalue weighted by Gasteiger charge is -2.37. The molecule has 3 rings (SSSR count). The molecule has 26 heavy (non-hydrogen) atoms. The number of halogens is 5. The quantitative estimate of drug-likeness (QED) is 0.575. The maximum absolute atomic E-state index is 12.7. The summed E-state index contributed by atoms with van der Waals surface area (Å²) in [6.45, 7) is 0. The molecule has 2 aromatic rings. The molecule has 0 amide bonds. The summed E-state index contributed by atoms with van der Waals surface area (Å²) >= 11 is 30.4. The predicted molar refractivity (Wildman–Crippen MR) is 105 cm³/mol. The van der Waals surface area contributed by atoms with E-state index in [1.807, 2.05) is 0 Å². The number of rotatable bonds is 2. The summed E-state index contributed by atoms with van der Waals surface area (Å²) in [5.74, 6) is -0.746. The van der Waals surface area contributed by atoms with E-state index in [1.54, 1.807) is 12.1 Å². The maximum Gasteiger partial charge on any atom is 0.282 e. The average Bonchev–Trinajstić information content (AvgIpc) is 2.58. The first kappa shape index (κ1) is 19.9. The van der Waals surface area contributed by atoms with Crippen molar-refractivity contribution in [3.8, 4) is 0 Å². The molecule has 0 unspecified atom stereocenters. The Morgan fingerprint density at radius 3 is 1.92 bits per heavy atom. The summed E-state index contributed by atoms with van der Waals surface area (Å²) in [7, 11) is -4.23. The van der Waals surface area contributed by atoms with Crippen molar-refractivity contribution in [3.05, 3.63) is 64.7 Å². The van der Waals surface area contributed by atoms with Gasteiger partial charge in [-0.15, -0.1) is 0 Å². The van der Waals surface area contributed by atoms with Crippen LogP contribution in [0.3, 0.4) is 0 Å². The van der Waals surface area contributed by atoms with Gasteiger partial charge in [-0.1, -0.05) is 82.3 Å². The van der Waals surface area contributed by atoms with Gasteiger partial charge in [0.05, 0.1) is 4.90 Å². The summed E-state index contributed by atoms with van der Waals surface area (Å²) in [5.41, 5.74) is -0.132. The second-order valence-corrected chi connectivity index (χ2v) is 10.1. The number of sulfonamides is 1. The molecule has 0 saturated heterocycles. The smallest absolute Gasteiger partial charge is 0.282 e. The Bertz CT molecular complexity index is 1030. The zero-order chi connectivity index (χ0) is 19.3. The van der Waals surface area contributed by atoms with Crippen molar-refractivity contribution < 1.29 is 13.2 Å². The van der Waals surface area contributed by atoms with E-state index in [0.29, 0.717) is 5.02 Å². The molecule has 0 radical (unpaired) electrons. The second-order valence-electron chi connectivity index (χ2n) is 5.39. The van der Waals surface area contributed by atoms with Gasteiger partial charge < -0.3 is 0 Å². The normalized spacial score (nSPS) is 20.0. The van der Waals surface area contributed by atoms with Crippen LogP contribution < -0.4 is 0 Å². The molecule has 1 aliphatic rings. The fourth-order valence-electron chi connectivity index (χ4n) is 2.40. The third kappa shape index (κ3) is 3.15. The average molecular weight is 472 g/mol. The van der Waals surface area contributed by atoms with Gasteiger partial charge in [0, 0.05) is 16.1 Å². The lowest BCUT2D eigenvalue weighted by atomic mass is 9.87. The van der Waals surface area contributed by atoms with E-state index < -0.39 is 24.5 Å². The number of carbonyl (C=O) groups is 1. The minimum absolute atomic E-state index is 0.0690. The summed E-state index contributed by atoms with van der Waals surface area (Å²) in [5, 5.41) is 0.356. The number of Topliss-reactive ketones (excluding diaryl/α,β-unsaturated/α-hetero) is 1. The summed E-state index contributed by atoms with van der Waals surface area (Å²) in [6.07, 6.45) is 0. The van der Waals surface area contributed by atoms with Gasteiger partial charge in [0.15, 0.2) is 0 Å². The van der Waals surface area contributed by atoms with Crippen molar-refractivity contribution in [2.75, 3.05) is 0 Å². The molecule has 0 spiro atoms. The molecule has 10 heteroatoms. The van der Waals surface area contributed by atoms with E-state index in [9.17, 15) is 13.2 Å². The van der Waals surface area contributed by atoms with Crippen molar-refractivity contribution >= 4 is 79.5 Å². The van der Waals surface area contributed by atoms with Crippen LogP contribution in [0.25, 0.3) is 0 Å². The summed E-state index contributed by atoms with van der Waals surface area (Å²) < 4.78 is 24.5. The first-order chi connectivity index (χ1) is 12.0. The number of fused-ring (bicyclic) bond motifs is 1. The van der Waals surface area contributed by atoms with Gasteiger partial charge in [0.2, 0.25) is 14.4 Å². The molecule has 0 N–H and O–H groups in total. The van der Waals surface area contributed by atoms with Crippen molar-refractivity contribution in [1.82, 2.24) is 0 Å². The van der Waals surface area contributed by atoms with Gasteiger partial charge in [-0.05, 0) is 24.3 Å². The van der Waals surface area contributed by atoms with Crippen LogP contribution in [-0.4, -0.2) is 28.6 Å². The minimum Gasteiger partial charge on any atom is -0.291 e. The van der Waals surface area contributed by atoms with E-state index in [-0.39, 0.29) is 21.7 Å². The largest absolute Gasteiger partial charge is 0.291 e. The predicted octanol–water partition coefficient (Wildman–Crippen LogP) is 5.06. The number of nitrogens with zero attached hydrogens (tertiary/aromatic N) is 1. The highest BCUT2D eigenvalue weighted by Gasteiger charge is 2.61. The maximum atomic E-state index is 12.7. The highest BCUT2D eigenvalue weighted by atomic mass is 35.5. The molecule has 0 aliphatic heterocycles. The van der Waals surface area contributed by atoms with Crippen molar-refractivity contribution in [2.45, 2.75) is 13.6 Å². The highest BCUT2D eigenvalue weighted by molar-refractivity contribution is 7.90. The molecule has 4 nitrogen and oxygen atoms in total.